The van der Waals surface area contributed by atoms with Gasteiger partial charge in [0.25, 0.3) is 5.91 Å². The lowest BCUT2D eigenvalue weighted by molar-refractivity contribution is -0.153. The van der Waals surface area contributed by atoms with Crippen molar-refractivity contribution in [3.63, 3.8) is 0 Å². The second-order valence-corrected chi connectivity index (χ2v) is 7.87. The van der Waals surface area contributed by atoms with Crippen molar-refractivity contribution in [1.29, 1.82) is 10.5 Å². The summed E-state index contributed by atoms with van der Waals surface area (Å²) in [4.78, 5) is 25.6. The molecular formula is C25H26N4O3. The van der Waals surface area contributed by atoms with Gasteiger partial charge in [0, 0.05) is 5.92 Å². The van der Waals surface area contributed by atoms with Gasteiger partial charge in [-0.15, -0.1) is 0 Å². The zero-order valence-electron chi connectivity index (χ0n) is 18.0. The van der Waals surface area contributed by atoms with E-state index in [-0.39, 0.29) is 25.5 Å². The third-order valence-electron chi connectivity index (χ3n) is 5.92. The van der Waals surface area contributed by atoms with Gasteiger partial charge in [0.15, 0.2) is 5.54 Å². The van der Waals surface area contributed by atoms with Crippen LogP contribution in [0.15, 0.2) is 48.5 Å². The molecule has 0 bridgehead atoms. The topological polar surface area (TPSA) is 129 Å². The quantitative estimate of drug-likeness (QED) is 0.465. The lowest BCUT2D eigenvalue weighted by Gasteiger charge is -2.29. The minimum absolute atomic E-state index is 0.0802. The fourth-order valence-electron chi connectivity index (χ4n) is 4.20. The van der Waals surface area contributed by atoms with Gasteiger partial charge in [0.05, 0.1) is 18.1 Å². The number of unbranched alkanes of at least 4 members (excludes halogenated alkanes) is 1. The molecule has 0 fully saturated rings. The zero-order chi connectivity index (χ0) is 23.1. The number of esters is 1. The molecule has 1 amide bonds. The highest BCUT2D eigenvalue weighted by Crippen LogP contribution is 2.44. The van der Waals surface area contributed by atoms with Crippen LogP contribution in [-0.2, 0) is 14.3 Å². The fraction of sp³-hybridized carbons (Fsp3) is 0.360. The van der Waals surface area contributed by atoms with Crippen molar-refractivity contribution in [3.8, 4) is 23.3 Å². The summed E-state index contributed by atoms with van der Waals surface area (Å²) in [5.41, 5.74) is 8.35. The molecule has 0 heterocycles. The molecule has 7 heteroatoms. The van der Waals surface area contributed by atoms with Gasteiger partial charge in [-0.25, -0.2) is 0 Å². The van der Waals surface area contributed by atoms with E-state index in [1.54, 1.807) is 12.1 Å². The summed E-state index contributed by atoms with van der Waals surface area (Å²) in [6.45, 7) is 1.72. The number of hydrogen-bond donors (Lipinski definition) is 2. The molecule has 32 heavy (non-hydrogen) atoms. The number of nitrogens with two attached hydrogens (primary N) is 1. The molecule has 2 unspecified atom stereocenters. The Bertz CT molecular complexity index is 1040. The van der Waals surface area contributed by atoms with Crippen LogP contribution in [0.2, 0.25) is 0 Å². The summed E-state index contributed by atoms with van der Waals surface area (Å²) in [5, 5.41) is 20.7. The van der Waals surface area contributed by atoms with E-state index in [1.807, 2.05) is 55.5 Å². The third-order valence-corrected chi connectivity index (χ3v) is 5.92. The molecular weight excluding hydrogens is 404 g/mol. The Morgan fingerprint density at radius 3 is 2.25 bits per heavy atom. The van der Waals surface area contributed by atoms with E-state index in [0.29, 0.717) is 6.42 Å². The lowest BCUT2D eigenvalue weighted by Crippen LogP contribution is -2.60. The highest BCUT2D eigenvalue weighted by atomic mass is 16.5. The average molecular weight is 431 g/mol. The van der Waals surface area contributed by atoms with Gasteiger partial charge in [0.2, 0.25) is 0 Å². The average Bonchev–Trinajstić information content (AvgIpc) is 3.14. The third kappa shape index (κ3) is 4.34. The number of hydrogen-bond acceptors (Lipinski definition) is 6. The van der Waals surface area contributed by atoms with Crippen molar-refractivity contribution in [3.05, 3.63) is 59.7 Å². The summed E-state index contributed by atoms with van der Waals surface area (Å²) in [5.74, 6) is -2.81. The van der Waals surface area contributed by atoms with Crippen LogP contribution >= 0.6 is 0 Å². The number of nitrogens with zero attached hydrogens (tertiary/aromatic N) is 2. The maximum absolute atomic E-state index is 13.1. The predicted molar refractivity (Wildman–Crippen MR) is 119 cm³/mol. The van der Waals surface area contributed by atoms with E-state index in [0.717, 1.165) is 28.7 Å². The first kappa shape index (κ1) is 23.0. The van der Waals surface area contributed by atoms with Crippen LogP contribution in [0.25, 0.3) is 11.1 Å². The molecule has 0 spiro atoms. The molecule has 2 atom stereocenters. The molecule has 2 aromatic rings. The first-order valence-electron chi connectivity index (χ1n) is 10.7. The van der Waals surface area contributed by atoms with E-state index in [2.05, 4.69) is 5.32 Å². The van der Waals surface area contributed by atoms with Gasteiger partial charge in [0.1, 0.15) is 13.2 Å². The van der Waals surface area contributed by atoms with Crippen LogP contribution in [0.1, 0.15) is 43.2 Å². The number of nitriles is 2. The van der Waals surface area contributed by atoms with Crippen LogP contribution in [0, 0.1) is 28.6 Å². The second-order valence-electron chi connectivity index (χ2n) is 7.87. The van der Waals surface area contributed by atoms with Crippen molar-refractivity contribution >= 4 is 11.9 Å². The molecule has 1 aliphatic carbocycles. The normalized spacial score (nSPS) is 14.8. The number of fused-ring (bicyclic) bond motifs is 3. The van der Waals surface area contributed by atoms with Gasteiger partial charge >= 0.3 is 5.97 Å². The molecule has 7 nitrogen and oxygen atoms in total. The minimum Gasteiger partial charge on any atom is -0.464 e. The number of carbonyl (C=O) groups is 2. The van der Waals surface area contributed by atoms with Gasteiger partial charge in [-0.3, -0.25) is 9.59 Å². The first-order valence-corrected chi connectivity index (χ1v) is 10.7. The van der Waals surface area contributed by atoms with Crippen molar-refractivity contribution < 1.29 is 14.3 Å². The van der Waals surface area contributed by atoms with Crippen molar-refractivity contribution in [2.45, 2.75) is 37.6 Å². The maximum Gasteiger partial charge on any atom is 0.312 e. The number of rotatable bonds is 9. The minimum atomic E-state index is -2.12. The van der Waals surface area contributed by atoms with Gasteiger partial charge in [-0.1, -0.05) is 68.3 Å². The zero-order valence-corrected chi connectivity index (χ0v) is 18.0. The predicted octanol–water partition coefficient (Wildman–Crippen LogP) is 3.01. The number of amides is 1. The summed E-state index contributed by atoms with van der Waals surface area (Å²) in [6.07, 6.45) is 1.59. The van der Waals surface area contributed by atoms with Crippen LogP contribution in [0.5, 0.6) is 0 Å². The molecule has 0 radical (unpaired) electrons. The van der Waals surface area contributed by atoms with E-state index < -0.39 is 23.3 Å². The lowest BCUT2D eigenvalue weighted by atomic mass is 9.81. The van der Waals surface area contributed by atoms with Gasteiger partial charge in [-0.2, -0.15) is 10.5 Å². The van der Waals surface area contributed by atoms with Crippen LogP contribution < -0.4 is 11.1 Å². The Hall–Kier alpha value is -3.68. The monoisotopic (exact) mass is 430 g/mol. The summed E-state index contributed by atoms with van der Waals surface area (Å²) < 4.78 is 5.69. The SMILES string of the molecule is CCCCC(C(=O)OCC1c2ccccc2-c2ccccc21)C(N)(C#N)C(=O)NCC#N. The maximum atomic E-state index is 13.1. The number of nitrogens with one attached hydrogen (secondary N) is 1. The highest BCUT2D eigenvalue weighted by Gasteiger charge is 2.47. The van der Waals surface area contributed by atoms with Crippen LogP contribution in [0.4, 0.5) is 0 Å². The van der Waals surface area contributed by atoms with Crippen molar-refractivity contribution in [1.82, 2.24) is 5.32 Å². The van der Waals surface area contributed by atoms with E-state index in [9.17, 15) is 14.9 Å². The van der Waals surface area contributed by atoms with Crippen LogP contribution in [0.3, 0.4) is 0 Å². The molecule has 0 aliphatic heterocycles. The summed E-state index contributed by atoms with van der Waals surface area (Å²) >= 11 is 0. The number of carbonyl (C=O) groups excluding carboxylic acids is 2. The smallest absolute Gasteiger partial charge is 0.312 e. The Kier molecular flexibility index (Phi) is 7.25. The summed E-state index contributed by atoms with van der Waals surface area (Å²) in [6, 6.07) is 19.5. The Balaban J connectivity index is 1.83. The van der Waals surface area contributed by atoms with E-state index >= 15 is 0 Å². The molecule has 2 aromatic carbocycles. The van der Waals surface area contributed by atoms with Crippen molar-refractivity contribution in [2.24, 2.45) is 11.7 Å². The van der Waals surface area contributed by atoms with E-state index in [4.69, 9.17) is 15.7 Å². The summed E-state index contributed by atoms with van der Waals surface area (Å²) in [7, 11) is 0. The molecule has 0 saturated heterocycles. The Morgan fingerprint density at radius 2 is 1.72 bits per heavy atom. The fourth-order valence-corrected chi connectivity index (χ4v) is 4.20. The van der Waals surface area contributed by atoms with Gasteiger partial charge < -0.3 is 15.8 Å². The second kappa shape index (κ2) is 10.1. The molecule has 164 valence electrons. The number of benzene rings is 2. The molecule has 0 saturated carbocycles. The van der Waals surface area contributed by atoms with Gasteiger partial charge in [-0.05, 0) is 28.7 Å². The van der Waals surface area contributed by atoms with Crippen molar-refractivity contribution in [2.75, 3.05) is 13.2 Å². The van der Waals surface area contributed by atoms with E-state index in [1.165, 1.54) is 0 Å². The molecule has 0 aromatic heterocycles. The Morgan fingerprint density at radius 1 is 1.12 bits per heavy atom. The molecule has 3 rings (SSSR count). The standard InChI is InChI=1S/C25H26N4O3/c1-2-3-12-22(25(28,16-27)24(31)29-14-13-26)23(30)32-15-21-19-10-6-4-8-17(19)18-9-5-7-11-20(18)21/h4-11,21-22H,2-3,12,14-15,28H2,1H3,(H,29,31). The molecule has 1 aliphatic rings. The first-order chi connectivity index (χ1) is 15.5. The largest absolute Gasteiger partial charge is 0.464 e. The highest BCUT2D eigenvalue weighted by molar-refractivity contribution is 5.95. The molecule has 3 N–H and O–H groups in total. The number of ether oxygens (including phenoxy) is 1. The van der Waals surface area contributed by atoms with Crippen LogP contribution in [-0.4, -0.2) is 30.6 Å². The Labute approximate surface area is 187 Å².